The van der Waals surface area contributed by atoms with Gasteiger partial charge in [-0.15, -0.1) is 0 Å². The van der Waals surface area contributed by atoms with Gasteiger partial charge in [0.05, 0.1) is 6.54 Å². The van der Waals surface area contributed by atoms with E-state index >= 15 is 0 Å². The Bertz CT molecular complexity index is 223. The average molecular weight is 134 g/mol. The maximum Gasteiger partial charge on any atom is 0.0593 e. The molecule has 10 heavy (non-hydrogen) atoms. The summed E-state index contributed by atoms with van der Waals surface area (Å²) in [5.41, 5.74) is 2.53. The first-order valence-electron chi connectivity index (χ1n) is 3.61. The summed E-state index contributed by atoms with van der Waals surface area (Å²) in [6.45, 7) is 1.91. The van der Waals surface area contributed by atoms with Crippen LogP contribution >= 0.6 is 0 Å². The zero-order chi connectivity index (χ0) is 6.81. The van der Waals surface area contributed by atoms with Crippen molar-refractivity contribution in [2.45, 2.75) is 6.42 Å². The highest BCUT2D eigenvalue weighted by Crippen LogP contribution is 2.12. The fourth-order valence-electron chi connectivity index (χ4n) is 1.25. The number of allylic oxidation sites excluding steroid dienone is 1. The molecule has 2 aliphatic rings. The normalized spacial score (nSPS) is 22.4. The van der Waals surface area contributed by atoms with Crippen LogP contribution in [-0.2, 0) is 0 Å². The van der Waals surface area contributed by atoms with Crippen LogP contribution < -0.4 is 5.32 Å². The van der Waals surface area contributed by atoms with E-state index in [2.05, 4.69) is 22.5 Å². The van der Waals surface area contributed by atoms with Gasteiger partial charge in [-0.25, -0.2) is 0 Å². The summed E-state index contributed by atoms with van der Waals surface area (Å²) < 4.78 is 0. The third kappa shape index (κ3) is 0.856. The topological polar surface area (TPSA) is 24.4 Å². The van der Waals surface area contributed by atoms with Gasteiger partial charge in [0.2, 0.25) is 0 Å². The molecule has 2 rings (SSSR count). The van der Waals surface area contributed by atoms with Crippen LogP contribution in [0, 0.1) is 0 Å². The van der Waals surface area contributed by atoms with Crippen LogP contribution in [0.3, 0.4) is 0 Å². The SMILES string of the molecule is C1=NCC=C2NCCC=C12. The lowest BCUT2D eigenvalue weighted by Crippen LogP contribution is -2.22. The third-order valence-corrected chi connectivity index (χ3v) is 1.77. The van der Waals surface area contributed by atoms with Crippen LogP contribution in [0.15, 0.2) is 28.4 Å². The fourth-order valence-corrected chi connectivity index (χ4v) is 1.25. The number of nitrogens with one attached hydrogen (secondary N) is 1. The Balaban J connectivity index is 2.32. The molecule has 0 fully saturated rings. The second-order valence-electron chi connectivity index (χ2n) is 2.49. The van der Waals surface area contributed by atoms with Crippen molar-refractivity contribution in [2.24, 2.45) is 4.99 Å². The highest BCUT2D eigenvalue weighted by molar-refractivity contribution is 5.85. The molecule has 2 heteroatoms. The predicted octanol–water partition coefficient (Wildman–Crippen LogP) is 0.874. The highest BCUT2D eigenvalue weighted by Gasteiger charge is 2.08. The van der Waals surface area contributed by atoms with Gasteiger partial charge in [-0.2, -0.15) is 0 Å². The van der Waals surface area contributed by atoms with Gasteiger partial charge in [0.15, 0.2) is 0 Å². The van der Waals surface area contributed by atoms with E-state index in [1.165, 1.54) is 11.3 Å². The quantitative estimate of drug-likeness (QED) is 0.522. The molecule has 0 unspecified atom stereocenters. The molecule has 0 aromatic heterocycles. The van der Waals surface area contributed by atoms with E-state index in [0.717, 1.165) is 19.5 Å². The van der Waals surface area contributed by atoms with Crippen LogP contribution in [0.5, 0.6) is 0 Å². The molecule has 52 valence electrons. The minimum atomic E-state index is 0.833. The molecule has 0 saturated carbocycles. The van der Waals surface area contributed by atoms with E-state index in [1.807, 2.05) is 6.21 Å². The lowest BCUT2D eigenvalue weighted by molar-refractivity contribution is 0.780. The molecule has 0 radical (unpaired) electrons. The van der Waals surface area contributed by atoms with Crippen molar-refractivity contribution in [1.82, 2.24) is 5.32 Å². The van der Waals surface area contributed by atoms with Gasteiger partial charge in [-0.05, 0) is 12.5 Å². The van der Waals surface area contributed by atoms with E-state index in [-0.39, 0.29) is 0 Å². The standard InChI is InChI=1S/C8H10N2/c1-2-7-6-9-5-3-8(7)10-4-1/h2-3,6,10H,1,4-5H2. The van der Waals surface area contributed by atoms with Crippen molar-refractivity contribution >= 4 is 6.21 Å². The largest absolute Gasteiger partial charge is 0.384 e. The number of rotatable bonds is 0. The van der Waals surface area contributed by atoms with Crippen molar-refractivity contribution in [3.63, 3.8) is 0 Å². The molecule has 0 aromatic rings. The van der Waals surface area contributed by atoms with E-state index in [4.69, 9.17) is 0 Å². The highest BCUT2D eigenvalue weighted by atomic mass is 14.9. The monoisotopic (exact) mass is 134 g/mol. The molecule has 2 nitrogen and oxygen atoms in total. The van der Waals surface area contributed by atoms with Crippen LogP contribution in [0.2, 0.25) is 0 Å². The molecular weight excluding hydrogens is 124 g/mol. The van der Waals surface area contributed by atoms with Gasteiger partial charge in [0.1, 0.15) is 0 Å². The van der Waals surface area contributed by atoms with Gasteiger partial charge >= 0.3 is 0 Å². The van der Waals surface area contributed by atoms with Crippen LogP contribution in [0.4, 0.5) is 0 Å². The molecular formula is C8H10N2. The first kappa shape index (κ1) is 5.71. The number of nitrogens with zero attached hydrogens (tertiary/aromatic N) is 1. The maximum absolute atomic E-state index is 4.15. The Labute approximate surface area is 60.3 Å². The Kier molecular flexibility index (Phi) is 1.31. The summed E-state index contributed by atoms with van der Waals surface area (Å²) in [7, 11) is 0. The van der Waals surface area contributed by atoms with Crippen molar-refractivity contribution in [1.29, 1.82) is 0 Å². The van der Waals surface area contributed by atoms with Crippen molar-refractivity contribution in [3.8, 4) is 0 Å². The molecule has 2 heterocycles. The van der Waals surface area contributed by atoms with Crippen LogP contribution in [0.1, 0.15) is 6.42 Å². The number of fused-ring (bicyclic) bond motifs is 1. The second-order valence-corrected chi connectivity index (χ2v) is 2.49. The zero-order valence-electron chi connectivity index (χ0n) is 5.80. The van der Waals surface area contributed by atoms with Crippen molar-refractivity contribution in [3.05, 3.63) is 23.4 Å². The first-order valence-corrected chi connectivity index (χ1v) is 3.61. The van der Waals surface area contributed by atoms with Gasteiger partial charge in [0.25, 0.3) is 0 Å². The second kappa shape index (κ2) is 2.29. The predicted molar refractivity (Wildman–Crippen MR) is 42.1 cm³/mol. The van der Waals surface area contributed by atoms with Gasteiger partial charge in [-0.1, -0.05) is 6.08 Å². The summed E-state index contributed by atoms with van der Waals surface area (Å²) in [4.78, 5) is 4.15. The smallest absolute Gasteiger partial charge is 0.0593 e. The number of aliphatic imine (C=N–C) groups is 1. The van der Waals surface area contributed by atoms with Crippen molar-refractivity contribution in [2.75, 3.05) is 13.1 Å². The molecule has 1 N–H and O–H groups in total. The Morgan fingerprint density at radius 1 is 1.40 bits per heavy atom. The van der Waals surface area contributed by atoms with Gasteiger partial charge in [0, 0.05) is 24.0 Å². The number of dihydropyridines is 1. The van der Waals surface area contributed by atoms with Crippen molar-refractivity contribution < 1.29 is 0 Å². The number of hydrogen-bond donors (Lipinski definition) is 1. The van der Waals surface area contributed by atoms with Gasteiger partial charge < -0.3 is 5.32 Å². The van der Waals surface area contributed by atoms with Crippen LogP contribution in [0.25, 0.3) is 0 Å². The van der Waals surface area contributed by atoms with E-state index in [0.29, 0.717) is 0 Å². The van der Waals surface area contributed by atoms with E-state index in [1.54, 1.807) is 0 Å². The molecule has 0 amide bonds. The molecule has 0 aromatic carbocycles. The lowest BCUT2D eigenvalue weighted by Gasteiger charge is -2.18. The Hall–Kier alpha value is -1.05. The Morgan fingerprint density at radius 2 is 2.40 bits per heavy atom. The summed E-state index contributed by atoms with van der Waals surface area (Å²) in [6.07, 6.45) is 7.43. The fraction of sp³-hybridized carbons (Fsp3) is 0.375. The minimum absolute atomic E-state index is 0.833. The summed E-state index contributed by atoms with van der Waals surface area (Å²) >= 11 is 0. The van der Waals surface area contributed by atoms with E-state index in [9.17, 15) is 0 Å². The summed E-state index contributed by atoms with van der Waals surface area (Å²) in [6, 6.07) is 0. The molecule has 0 aliphatic carbocycles. The first-order chi connectivity index (χ1) is 4.97. The average Bonchev–Trinajstić information content (AvgIpc) is 2.05. The molecule has 0 saturated heterocycles. The zero-order valence-corrected chi connectivity index (χ0v) is 5.80. The lowest BCUT2D eigenvalue weighted by atomic mass is 10.1. The van der Waals surface area contributed by atoms with Crippen LogP contribution in [-0.4, -0.2) is 19.3 Å². The summed E-state index contributed by atoms with van der Waals surface area (Å²) in [5, 5.41) is 3.32. The van der Waals surface area contributed by atoms with E-state index < -0.39 is 0 Å². The molecule has 0 atom stereocenters. The minimum Gasteiger partial charge on any atom is -0.384 e. The molecule has 2 aliphatic heterocycles. The summed E-state index contributed by atoms with van der Waals surface area (Å²) in [5.74, 6) is 0. The third-order valence-electron chi connectivity index (χ3n) is 1.77. The molecule has 0 bridgehead atoms. The molecule has 0 spiro atoms. The van der Waals surface area contributed by atoms with Gasteiger partial charge in [-0.3, -0.25) is 4.99 Å². The Morgan fingerprint density at radius 3 is 3.30 bits per heavy atom. The maximum atomic E-state index is 4.15. The number of hydrogen-bond acceptors (Lipinski definition) is 2.